The van der Waals surface area contributed by atoms with Crippen LogP contribution in [0.2, 0.25) is 0 Å². The van der Waals surface area contributed by atoms with Crippen LogP contribution in [0.25, 0.3) is 0 Å². The number of aliphatic carboxylic acids is 1. The molecule has 2 aliphatic rings. The van der Waals surface area contributed by atoms with Crippen LogP contribution >= 0.6 is 0 Å². The molecule has 3 N–H and O–H groups in total. The average Bonchev–Trinajstić information content (AvgIpc) is 2.72. The molecule has 5 heteroatoms. The van der Waals surface area contributed by atoms with Gasteiger partial charge < -0.3 is 15.7 Å². The Hall–Kier alpha value is -1.10. The van der Waals surface area contributed by atoms with E-state index in [0.717, 1.165) is 38.5 Å². The summed E-state index contributed by atoms with van der Waals surface area (Å²) < 4.78 is 0. The zero-order valence-corrected chi connectivity index (χ0v) is 10.7. The van der Waals surface area contributed by atoms with E-state index < -0.39 is 12.0 Å². The lowest BCUT2D eigenvalue weighted by Crippen LogP contribution is -2.48. The van der Waals surface area contributed by atoms with Gasteiger partial charge in [0, 0.05) is 12.6 Å². The minimum Gasteiger partial charge on any atom is -0.480 e. The fourth-order valence-electron chi connectivity index (χ4n) is 3.14. The Morgan fingerprint density at radius 1 is 1.06 bits per heavy atom. The molecular formula is C13H22N2O3. The number of carbonyl (C=O) groups excluding carboxylic acids is 1. The Labute approximate surface area is 107 Å². The molecule has 0 bridgehead atoms. The monoisotopic (exact) mass is 254 g/mol. The van der Waals surface area contributed by atoms with Gasteiger partial charge in [0.15, 0.2) is 0 Å². The summed E-state index contributed by atoms with van der Waals surface area (Å²) in [5, 5.41) is 9.13. The summed E-state index contributed by atoms with van der Waals surface area (Å²) >= 11 is 0. The number of carboxylic acid groups (broad SMARTS) is 1. The van der Waals surface area contributed by atoms with Gasteiger partial charge in [0.1, 0.15) is 6.04 Å². The molecule has 1 saturated heterocycles. The van der Waals surface area contributed by atoms with Gasteiger partial charge in [0.2, 0.25) is 5.91 Å². The number of hydrogen-bond donors (Lipinski definition) is 2. The zero-order valence-electron chi connectivity index (χ0n) is 10.7. The van der Waals surface area contributed by atoms with Crippen molar-refractivity contribution in [2.45, 2.75) is 57.0 Å². The van der Waals surface area contributed by atoms with Crippen molar-refractivity contribution in [2.75, 3.05) is 6.54 Å². The SMILES string of the molecule is NC1CCCCCC1C(=O)N1CCC[C@H]1C(=O)O. The Bertz CT molecular complexity index is 332. The molecule has 2 rings (SSSR count). The molecule has 18 heavy (non-hydrogen) atoms. The molecule has 102 valence electrons. The third-order valence-electron chi connectivity index (χ3n) is 4.21. The fourth-order valence-corrected chi connectivity index (χ4v) is 3.14. The quantitative estimate of drug-likeness (QED) is 0.719. The van der Waals surface area contributed by atoms with Crippen LogP contribution in [-0.2, 0) is 9.59 Å². The van der Waals surface area contributed by atoms with Crippen molar-refractivity contribution in [1.82, 2.24) is 4.90 Å². The second-order valence-electron chi connectivity index (χ2n) is 5.44. The minimum absolute atomic E-state index is 0.0331. The number of carbonyl (C=O) groups is 2. The number of rotatable bonds is 2. The van der Waals surface area contributed by atoms with Gasteiger partial charge >= 0.3 is 5.97 Å². The van der Waals surface area contributed by atoms with Crippen molar-refractivity contribution < 1.29 is 14.7 Å². The van der Waals surface area contributed by atoms with Crippen molar-refractivity contribution >= 4 is 11.9 Å². The van der Waals surface area contributed by atoms with E-state index in [9.17, 15) is 9.59 Å². The zero-order chi connectivity index (χ0) is 13.1. The Kier molecular flexibility index (Phi) is 4.22. The van der Waals surface area contributed by atoms with Crippen LogP contribution in [0.5, 0.6) is 0 Å². The van der Waals surface area contributed by atoms with Crippen LogP contribution < -0.4 is 5.73 Å². The van der Waals surface area contributed by atoms with Crippen molar-refractivity contribution in [3.8, 4) is 0 Å². The highest BCUT2D eigenvalue weighted by Gasteiger charge is 2.38. The second-order valence-corrected chi connectivity index (χ2v) is 5.44. The van der Waals surface area contributed by atoms with Gasteiger partial charge in [-0.15, -0.1) is 0 Å². The molecule has 0 spiro atoms. The predicted octanol–water partition coefficient (Wildman–Crippen LogP) is 0.970. The molecule has 2 unspecified atom stereocenters. The number of hydrogen-bond acceptors (Lipinski definition) is 3. The normalized spacial score (nSPS) is 33.2. The van der Waals surface area contributed by atoms with Crippen molar-refractivity contribution in [1.29, 1.82) is 0 Å². The highest BCUT2D eigenvalue weighted by Crippen LogP contribution is 2.27. The summed E-state index contributed by atoms with van der Waals surface area (Å²) in [5.74, 6) is -1.09. The molecule has 2 fully saturated rings. The molecule has 0 aromatic carbocycles. The number of carboxylic acids is 1. The maximum Gasteiger partial charge on any atom is 0.326 e. The number of likely N-dealkylation sites (tertiary alicyclic amines) is 1. The smallest absolute Gasteiger partial charge is 0.326 e. The summed E-state index contributed by atoms with van der Waals surface area (Å²) in [5.41, 5.74) is 6.07. The van der Waals surface area contributed by atoms with Crippen LogP contribution in [0.15, 0.2) is 0 Å². The Morgan fingerprint density at radius 3 is 2.50 bits per heavy atom. The maximum absolute atomic E-state index is 12.5. The van der Waals surface area contributed by atoms with E-state index in [1.807, 2.05) is 0 Å². The van der Waals surface area contributed by atoms with Crippen LogP contribution in [0.4, 0.5) is 0 Å². The van der Waals surface area contributed by atoms with E-state index in [4.69, 9.17) is 10.8 Å². The molecular weight excluding hydrogens is 232 g/mol. The summed E-state index contributed by atoms with van der Waals surface area (Å²) in [6, 6.07) is -0.733. The first-order valence-electron chi connectivity index (χ1n) is 6.90. The first-order chi connectivity index (χ1) is 8.61. The van der Waals surface area contributed by atoms with Gasteiger partial charge in [-0.25, -0.2) is 4.79 Å². The van der Waals surface area contributed by atoms with Crippen molar-refractivity contribution in [3.63, 3.8) is 0 Å². The molecule has 1 saturated carbocycles. The lowest BCUT2D eigenvalue weighted by molar-refractivity contribution is -0.150. The molecule has 1 amide bonds. The van der Waals surface area contributed by atoms with E-state index in [2.05, 4.69) is 0 Å². The van der Waals surface area contributed by atoms with Crippen LogP contribution in [0, 0.1) is 5.92 Å². The average molecular weight is 254 g/mol. The van der Waals surface area contributed by atoms with Crippen LogP contribution in [-0.4, -0.2) is 40.5 Å². The standard InChI is InChI=1S/C13H22N2O3/c14-10-6-3-1-2-5-9(10)12(16)15-8-4-7-11(15)13(17)18/h9-11H,1-8,14H2,(H,17,18)/t9?,10?,11-/m0/s1. The number of amides is 1. The minimum atomic E-state index is -0.886. The molecule has 0 radical (unpaired) electrons. The lowest BCUT2D eigenvalue weighted by Gasteiger charge is -2.28. The number of nitrogens with two attached hydrogens (primary N) is 1. The Morgan fingerprint density at radius 2 is 1.78 bits per heavy atom. The summed E-state index contributed by atoms with van der Waals surface area (Å²) in [6.07, 6.45) is 6.27. The van der Waals surface area contributed by atoms with E-state index in [1.54, 1.807) is 0 Å². The molecule has 5 nitrogen and oxygen atoms in total. The summed E-state index contributed by atoms with van der Waals surface area (Å²) in [7, 11) is 0. The second kappa shape index (κ2) is 5.69. The van der Waals surface area contributed by atoms with Crippen LogP contribution in [0.1, 0.15) is 44.9 Å². The first kappa shape index (κ1) is 13.3. The van der Waals surface area contributed by atoms with Gasteiger partial charge in [0.25, 0.3) is 0 Å². The molecule has 0 aromatic heterocycles. The lowest BCUT2D eigenvalue weighted by atomic mass is 9.93. The van der Waals surface area contributed by atoms with E-state index >= 15 is 0 Å². The third-order valence-corrected chi connectivity index (χ3v) is 4.21. The highest BCUT2D eigenvalue weighted by molar-refractivity contribution is 5.86. The van der Waals surface area contributed by atoms with Gasteiger partial charge in [-0.3, -0.25) is 4.79 Å². The number of nitrogens with zero attached hydrogens (tertiary/aromatic N) is 1. The van der Waals surface area contributed by atoms with Crippen molar-refractivity contribution in [2.24, 2.45) is 11.7 Å². The molecule has 1 aliphatic heterocycles. The van der Waals surface area contributed by atoms with Gasteiger partial charge in [-0.2, -0.15) is 0 Å². The van der Waals surface area contributed by atoms with Gasteiger partial charge in [-0.05, 0) is 25.7 Å². The van der Waals surface area contributed by atoms with Gasteiger partial charge in [-0.1, -0.05) is 19.3 Å². The molecule has 1 aliphatic carbocycles. The summed E-state index contributed by atoms with van der Waals surface area (Å²) in [4.78, 5) is 25.1. The molecule has 3 atom stereocenters. The molecule has 1 heterocycles. The van der Waals surface area contributed by atoms with E-state index in [0.29, 0.717) is 13.0 Å². The fraction of sp³-hybridized carbons (Fsp3) is 0.846. The van der Waals surface area contributed by atoms with Crippen molar-refractivity contribution in [3.05, 3.63) is 0 Å². The van der Waals surface area contributed by atoms with Crippen LogP contribution in [0.3, 0.4) is 0 Å². The highest BCUT2D eigenvalue weighted by atomic mass is 16.4. The largest absolute Gasteiger partial charge is 0.480 e. The first-order valence-corrected chi connectivity index (χ1v) is 6.90. The molecule has 0 aromatic rings. The van der Waals surface area contributed by atoms with Gasteiger partial charge in [0.05, 0.1) is 5.92 Å². The predicted molar refractivity (Wildman–Crippen MR) is 66.9 cm³/mol. The topological polar surface area (TPSA) is 83.6 Å². The van der Waals surface area contributed by atoms with E-state index in [1.165, 1.54) is 4.90 Å². The summed E-state index contributed by atoms with van der Waals surface area (Å²) in [6.45, 7) is 0.568. The maximum atomic E-state index is 12.5. The van der Waals surface area contributed by atoms with E-state index in [-0.39, 0.29) is 17.9 Å². The third kappa shape index (κ3) is 2.66. The Balaban J connectivity index is 2.07.